The van der Waals surface area contributed by atoms with Crippen LogP contribution in [0.4, 0.5) is 0 Å². The van der Waals surface area contributed by atoms with Crippen LogP contribution in [0.2, 0.25) is 0 Å². The van der Waals surface area contributed by atoms with Crippen molar-refractivity contribution in [1.82, 2.24) is 0 Å². The zero-order valence-corrected chi connectivity index (χ0v) is 23.9. The van der Waals surface area contributed by atoms with Crippen molar-refractivity contribution in [2.75, 3.05) is 0 Å². The topological polar surface area (TPSA) is 60.4 Å². The minimum absolute atomic E-state index is 0.0956. The van der Waals surface area contributed by atoms with Crippen molar-refractivity contribution >= 4 is 15.9 Å². The molecule has 1 aromatic rings. The molecule has 0 N–H and O–H groups in total. The van der Waals surface area contributed by atoms with Gasteiger partial charge in [-0.15, -0.1) is 0 Å². The van der Waals surface area contributed by atoms with E-state index in [-0.39, 0.29) is 27.2 Å². The second-order valence-electron chi connectivity index (χ2n) is 13.6. The van der Waals surface area contributed by atoms with Crippen LogP contribution < -0.4 is 0 Å². The van der Waals surface area contributed by atoms with Gasteiger partial charge in [0.1, 0.15) is 5.78 Å². The molecule has 0 bridgehead atoms. The molecule has 0 radical (unpaired) electrons. The van der Waals surface area contributed by atoms with Crippen LogP contribution in [-0.4, -0.2) is 20.3 Å². The molecule has 202 valence electrons. The number of Topliss-reactive ketones (excluding diaryl/α,β-unsaturated/α-hetero) is 1. The van der Waals surface area contributed by atoms with E-state index in [1.165, 1.54) is 44.1 Å². The summed E-state index contributed by atoms with van der Waals surface area (Å²) in [5.41, 5.74) is 2.61. The Hall–Kier alpha value is -1.46. The second kappa shape index (κ2) is 8.78. The number of fused-ring (bicyclic) bond motifs is 7. The summed E-state index contributed by atoms with van der Waals surface area (Å²) in [5, 5.41) is 0. The summed E-state index contributed by atoms with van der Waals surface area (Å²) in [4.78, 5) is 13.6. The molecule has 0 aromatic heterocycles. The lowest BCUT2D eigenvalue weighted by molar-refractivity contribution is -0.147. The van der Waals surface area contributed by atoms with Gasteiger partial charge in [0.15, 0.2) is 0 Å². The van der Waals surface area contributed by atoms with Gasteiger partial charge in [0.25, 0.3) is 10.1 Å². The SMILES string of the molecule is CC(=O)[C@]12CCCC[C@@H]1C[C@@H]1[C@@H]3CC=C4C[C@@H](OS(=O)(=O)c5ccc(C)cc5)CC[C@]4(C)[C@@H]3CC[C@@]12C. The standard InChI is InChI=1S/C32H44O4S/c1-21-8-11-26(12-9-21)37(34,35)36-25-14-17-30(3)23(19-25)10-13-27-28(30)15-18-31(4)29(27)20-24-7-5-6-16-32(24,31)22(2)33/h8-12,24-25,27-29H,5-7,13-20H2,1-4H3/t24-,25+,27-,28-,29-,30+,31+,32-/m1/s1. The Balaban J connectivity index is 1.24. The van der Waals surface area contributed by atoms with Crippen LogP contribution in [0.3, 0.4) is 0 Å². The Labute approximate surface area is 223 Å². The fraction of sp³-hybridized carbons (Fsp3) is 0.719. The number of carbonyl (C=O) groups excluding carboxylic acids is 1. The molecule has 0 aliphatic heterocycles. The highest BCUT2D eigenvalue weighted by Gasteiger charge is 2.68. The third kappa shape index (κ3) is 3.69. The molecule has 5 heteroatoms. The minimum Gasteiger partial charge on any atom is -0.299 e. The van der Waals surface area contributed by atoms with E-state index in [2.05, 4.69) is 19.9 Å². The quantitative estimate of drug-likeness (QED) is 0.304. The lowest BCUT2D eigenvalue weighted by atomic mass is 9.44. The molecule has 6 rings (SSSR count). The average Bonchev–Trinajstić information content (AvgIpc) is 3.14. The normalized spacial score (nSPS) is 43.1. The van der Waals surface area contributed by atoms with E-state index in [9.17, 15) is 13.2 Å². The molecule has 4 nitrogen and oxygen atoms in total. The Kier molecular flexibility index (Phi) is 6.12. The van der Waals surface area contributed by atoms with Gasteiger partial charge in [0.2, 0.25) is 0 Å². The Morgan fingerprint density at radius 2 is 1.73 bits per heavy atom. The summed E-state index contributed by atoms with van der Waals surface area (Å²) in [7, 11) is -3.76. The van der Waals surface area contributed by atoms with Crippen molar-refractivity contribution < 1.29 is 17.4 Å². The van der Waals surface area contributed by atoms with Gasteiger partial charge in [-0.3, -0.25) is 8.98 Å². The molecule has 1 aromatic carbocycles. The highest BCUT2D eigenvalue weighted by atomic mass is 32.2. The van der Waals surface area contributed by atoms with E-state index in [1.54, 1.807) is 12.1 Å². The van der Waals surface area contributed by atoms with Gasteiger partial charge in [-0.2, -0.15) is 8.42 Å². The fourth-order valence-corrected chi connectivity index (χ4v) is 11.5. The summed E-state index contributed by atoms with van der Waals surface area (Å²) in [6, 6.07) is 6.94. The Morgan fingerprint density at radius 1 is 0.973 bits per heavy atom. The zero-order valence-electron chi connectivity index (χ0n) is 23.1. The van der Waals surface area contributed by atoms with E-state index in [1.807, 2.05) is 26.0 Å². The summed E-state index contributed by atoms with van der Waals surface area (Å²) in [6.45, 7) is 8.79. The van der Waals surface area contributed by atoms with Crippen LogP contribution >= 0.6 is 0 Å². The first kappa shape index (κ1) is 25.8. The largest absolute Gasteiger partial charge is 0.299 e. The summed E-state index contributed by atoms with van der Waals surface area (Å²) < 4.78 is 31.8. The highest BCUT2D eigenvalue weighted by molar-refractivity contribution is 7.86. The predicted molar refractivity (Wildman–Crippen MR) is 145 cm³/mol. The average molecular weight is 525 g/mol. The zero-order chi connectivity index (χ0) is 26.2. The number of allylic oxidation sites excluding steroid dienone is 1. The molecule has 4 fully saturated rings. The van der Waals surface area contributed by atoms with Gasteiger partial charge in [0.05, 0.1) is 11.0 Å². The van der Waals surface area contributed by atoms with Crippen molar-refractivity contribution in [3.05, 3.63) is 41.5 Å². The van der Waals surface area contributed by atoms with E-state index >= 15 is 0 Å². The first-order valence-electron chi connectivity index (χ1n) is 14.7. The first-order chi connectivity index (χ1) is 17.5. The molecular formula is C32H44O4S. The number of hydrogen-bond acceptors (Lipinski definition) is 4. The second-order valence-corrected chi connectivity index (χ2v) is 15.2. The molecule has 0 heterocycles. The molecule has 5 aliphatic rings. The summed E-state index contributed by atoms with van der Waals surface area (Å²) in [5.74, 6) is 2.93. The number of benzene rings is 1. The number of aryl methyl sites for hydroxylation is 1. The van der Waals surface area contributed by atoms with Gasteiger partial charge in [-0.1, -0.05) is 56.0 Å². The third-order valence-electron chi connectivity index (χ3n) is 12.3. The van der Waals surface area contributed by atoms with E-state index in [0.29, 0.717) is 35.9 Å². The van der Waals surface area contributed by atoms with Gasteiger partial charge in [-0.05, 0) is 118 Å². The van der Waals surface area contributed by atoms with E-state index in [0.717, 1.165) is 31.2 Å². The molecule has 37 heavy (non-hydrogen) atoms. The Bertz CT molecular complexity index is 1220. The number of hydrogen-bond donors (Lipinski definition) is 0. The lowest BCUT2D eigenvalue weighted by Crippen LogP contribution is -2.55. The third-order valence-corrected chi connectivity index (χ3v) is 13.7. The van der Waals surface area contributed by atoms with Crippen molar-refractivity contribution in [3.63, 3.8) is 0 Å². The van der Waals surface area contributed by atoms with Crippen molar-refractivity contribution in [3.8, 4) is 0 Å². The lowest BCUT2D eigenvalue weighted by Gasteiger charge is -2.60. The Morgan fingerprint density at radius 3 is 2.46 bits per heavy atom. The maximum atomic E-state index is 13.3. The van der Waals surface area contributed by atoms with Crippen LogP contribution in [0, 0.1) is 46.8 Å². The van der Waals surface area contributed by atoms with Gasteiger partial charge in [-0.25, -0.2) is 0 Å². The van der Waals surface area contributed by atoms with Crippen LogP contribution in [-0.2, 0) is 19.1 Å². The van der Waals surface area contributed by atoms with Crippen molar-refractivity contribution in [2.24, 2.45) is 39.9 Å². The minimum atomic E-state index is -3.76. The molecule has 0 amide bonds. The number of carbonyl (C=O) groups is 1. The number of ketones is 1. The maximum absolute atomic E-state index is 13.3. The molecule has 5 aliphatic carbocycles. The monoisotopic (exact) mass is 524 g/mol. The van der Waals surface area contributed by atoms with Crippen molar-refractivity contribution in [1.29, 1.82) is 0 Å². The molecule has 0 unspecified atom stereocenters. The highest BCUT2D eigenvalue weighted by Crippen LogP contribution is 2.73. The molecule has 8 atom stereocenters. The molecule has 4 saturated carbocycles. The summed E-state index contributed by atoms with van der Waals surface area (Å²) in [6.07, 6.45) is 14.2. The predicted octanol–water partition coefficient (Wildman–Crippen LogP) is 7.41. The maximum Gasteiger partial charge on any atom is 0.297 e. The van der Waals surface area contributed by atoms with Gasteiger partial charge >= 0.3 is 0 Å². The van der Waals surface area contributed by atoms with Crippen LogP contribution in [0.5, 0.6) is 0 Å². The molecular weight excluding hydrogens is 480 g/mol. The smallest absolute Gasteiger partial charge is 0.297 e. The summed E-state index contributed by atoms with van der Waals surface area (Å²) >= 11 is 0. The van der Waals surface area contributed by atoms with E-state index in [4.69, 9.17) is 4.18 Å². The van der Waals surface area contributed by atoms with Gasteiger partial charge < -0.3 is 0 Å². The van der Waals surface area contributed by atoms with Crippen molar-refractivity contribution in [2.45, 2.75) is 109 Å². The fourth-order valence-electron chi connectivity index (χ4n) is 10.4. The number of rotatable bonds is 4. The molecule has 0 saturated heterocycles. The van der Waals surface area contributed by atoms with Crippen LogP contribution in [0.25, 0.3) is 0 Å². The van der Waals surface area contributed by atoms with Gasteiger partial charge in [0, 0.05) is 5.41 Å². The molecule has 0 spiro atoms. The van der Waals surface area contributed by atoms with E-state index < -0.39 is 10.1 Å². The van der Waals surface area contributed by atoms with Crippen LogP contribution in [0.1, 0.15) is 97.0 Å². The van der Waals surface area contributed by atoms with Crippen LogP contribution in [0.15, 0.2) is 40.8 Å². The first-order valence-corrected chi connectivity index (χ1v) is 16.1.